The number of rotatable bonds is 6. The fraction of sp³-hybridized carbons (Fsp3) is 0.312. The summed E-state index contributed by atoms with van der Waals surface area (Å²) in [7, 11) is 0. The van der Waals surface area contributed by atoms with Crippen molar-refractivity contribution in [2.45, 2.75) is 25.6 Å². The number of benzene rings is 1. The number of urea groups is 1. The molecular formula is C16H19N5OS2. The first-order valence-electron chi connectivity index (χ1n) is 7.63. The molecular weight excluding hydrogens is 342 g/mol. The second-order valence-corrected chi connectivity index (χ2v) is 7.05. The van der Waals surface area contributed by atoms with Gasteiger partial charge in [0.1, 0.15) is 10.8 Å². The van der Waals surface area contributed by atoms with Gasteiger partial charge in [-0.2, -0.15) is 11.8 Å². The molecule has 24 heavy (non-hydrogen) atoms. The molecule has 6 nitrogen and oxygen atoms in total. The van der Waals surface area contributed by atoms with Crippen molar-refractivity contribution in [3.05, 3.63) is 40.1 Å². The van der Waals surface area contributed by atoms with Gasteiger partial charge in [-0.1, -0.05) is 6.92 Å². The number of aryl methyl sites for hydroxylation is 1. The van der Waals surface area contributed by atoms with E-state index in [1.807, 2.05) is 36.8 Å². The van der Waals surface area contributed by atoms with Crippen LogP contribution in [-0.4, -0.2) is 27.2 Å². The maximum Gasteiger partial charge on any atom is 0.319 e. The Morgan fingerprint density at radius 2 is 2.25 bits per heavy atom. The number of hydrogen-bond donors (Lipinski definition) is 3. The lowest BCUT2D eigenvalue weighted by atomic mass is 10.3. The third-order valence-corrected chi connectivity index (χ3v) is 5.06. The van der Waals surface area contributed by atoms with Crippen molar-refractivity contribution in [1.29, 1.82) is 0 Å². The highest BCUT2D eigenvalue weighted by Crippen LogP contribution is 2.18. The number of thiazole rings is 1. The number of nitrogens with zero attached hydrogens (tertiary/aromatic N) is 2. The number of fused-ring (bicyclic) bond motifs is 1. The van der Waals surface area contributed by atoms with Crippen LogP contribution in [0.1, 0.15) is 23.4 Å². The van der Waals surface area contributed by atoms with Crippen LogP contribution < -0.4 is 10.6 Å². The molecule has 126 valence electrons. The zero-order valence-corrected chi connectivity index (χ0v) is 15.2. The Bertz CT molecular complexity index is 842. The highest BCUT2D eigenvalue weighted by atomic mass is 32.2. The normalized spacial score (nSPS) is 10.9. The Kier molecular flexibility index (Phi) is 5.37. The summed E-state index contributed by atoms with van der Waals surface area (Å²) in [5, 5.41) is 8.73. The largest absolute Gasteiger partial charge is 0.342 e. The Balaban J connectivity index is 1.57. The van der Waals surface area contributed by atoms with E-state index in [9.17, 15) is 4.79 Å². The van der Waals surface area contributed by atoms with E-state index in [2.05, 4.69) is 25.6 Å². The first-order chi connectivity index (χ1) is 11.7. The van der Waals surface area contributed by atoms with E-state index in [0.717, 1.165) is 45.4 Å². The molecule has 0 unspecified atom stereocenters. The lowest BCUT2D eigenvalue weighted by Crippen LogP contribution is -2.28. The molecule has 2 amide bonds. The average molecular weight is 361 g/mol. The van der Waals surface area contributed by atoms with Crippen molar-refractivity contribution in [2.75, 3.05) is 11.6 Å². The predicted molar refractivity (Wildman–Crippen MR) is 101 cm³/mol. The van der Waals surface area contributed by atoms with E-state index in [1.54, 1.807) is 23.1 Å². The molecule has 0 fully saturated rings. The van der Waals surface area contributed by atoms with E-state index in [0.29, 0.717) is 6.54 Å². The number of imidazole rings is 1. The lowest BCUT2D eigenvalue weighted by molar-refractivity contribution is 0.251. The van der Waals surface area contributed by atoms with E-state index in [1.165, 1.54) is 0 Å². The summed E-state index contributed by atoms with van der Waals surface area (Å²) < 4.78 is 0. The number of hydrogen-bond acceptors (Lipinski definition) is 5. The van der Waals surface area contributed by atoms with Gasteiger partial charge in [0.25, 0.3) is 0 Å². The van der Waals surface area contributed by atoms with Gasteiger partial charge in [0, 0.05) is 23.2 Å². The molecule has 0 bridgehead atoms. The number of amides is 2. The van der Waals surface area contributed by atoms with Crippen LogP contribution >= 0.6 is 23.1 Å². The van der Waals surface area contributed by atoms with Crippen LogP contribution in [0.25, 0.3) is 11.0 Å². The maximum absolute atomic E-state index is 12.0. The molecule has 0 radical (unpaired) electrons. The minimum Gasteiger partial charge on any atom is -0.342 e. The second-order valence-electron chi connectivity index (χ2n) is 5.24. The van der Waals surface area contributed by atoms with E-state index in [4.69, 9.17) is 0 Å². The Labute approximate surface area is 148 Å². The fourth-order valence-electron chi connectivity index (χ4n) is 2.27. The Morgan fingerprint density at radius 3 is 3.04 bits per heavy atom. The van der Waals surface area contributed by atoms with Crippen LogP contribution in [-0.2, 0) is 18.7 Å². The molecule has 2 heterocycles. The Morgan fingerprint density at radius 1 is 1.38 bits per heavy atom. The molecule has 2 aromatic heterocycles. The molecule has 3 N–H and O–H groups in total. The summed E-state index contributed by atoms with van der Waals surface area (Å²) in [5.41, 5.74) is 3.44. The number of H-pyrrole nitrogens is 1. The van der Waals surface area contributed by atoms with Crippen LogP contribution in [0.5, 0.6) is 0 Å². The van der Waals surface area contributed by atoms with Gasteiger partial charge in [-0.25, -0.2) is 14.8 Å². The summed E-state index contributed by atoms with van der Waals surface area (Å²) >= 11 is 3.36. The molecule has 8 heteroatoms. The SMILES string of the molecule is CCc1nc2ccc(NC(=O)NCc3csc(CSC)n3)cc2[nH]1. The number of anilines is 1. The minimum atomic E-state index is -0.246. The Hall–Kier alpha value is -2.06. The van der Waals surface area contributed by atoms with Gasteiger partial charge in [0.15, 0.2) is 0 Å². The molecule has 0 aliphatic heterocycles. The first kappa shape index (κ1) is 16.8. The topological polar surface area (TPSA) is 82.7 Å². The van der Waals surface area contributed by atoms with Gasteiger partial charge in [0.2, 0.25) is 0 Å². The van der Waals surface area contributed by atoms with Crippen LogP contribution in [0.4, 0.5) is 10.5 Å². The summed E-state index contributed by atoms with van der Waals surface area (Å²) in [5.74, 6) is 1.84. The third-order valence-electron chi connectivity index (χ3n) is 3.42. The van der Waals surface area contributed by atoms with Crippen molar-refractivity contribution < 1.29 is 4.79 Å². The smallest absolute Gasteiger partial charge is 0.319 e. The number of aromatic nitrogens is 3. The van der Waals surface area contributed by atoms with Gasteiger partial charge in [-0.15, -0.1) is 11.3 Å². The van der Waals surface area contributed by atoms with Crippen LogP contribution in [0, 0.1) is 0 Å². The molecule has 0 saturated carbocycles. The third kappa shape index (κ3) is 4.07. The van der Waals surface area contributed by atoms with Gasteiger partial charge in [-0.05, 0) is 24.5 Å². The van der Waals surface area contributed by atoms with Crippen molar-refractivity contribution in [2.24, 2.45) is 0 Å². The minimum absolute atomic E-state index is 0.246. The number of carbonyl (C=O) groups is 1. The maximum atomic E-state index is 12.0. The number of thioether (sulfide) groups is 1. The van der Waals surface area contributed by atoms with Crippen molar-refractivity contribution in [1.82, 2.24) is 20.3 Å². The van der Waals surface area contributed by atoms with Crippen molar-refractivity contribution >= 4 is 45.9 Å². The molecule has 1 aromatic carbocycles. The fourth-order valence-corrected chi connectivity index (χ4v) is 3.79. The van der Waals surface area contributed by atoms with Crippen LogP contribution in [0.3, 0.4) is 0 Å². The van der Waals surface area contributed by atoms with Gasteiger partial charge >= 0.3 is 6.03 Å². The zero-order chi connectivity index (χ0) is 16.9. The molecule has 0 atom stereocenters. The first-order valence-corrected chi connectivity index (χ1v) is 9.91. The van der Waals surface area contributed by atoms with Crippen molar-refractivity contribution in [3.63, 3.8) is 0 Å². The van der Waals surface area contributed by atoms with Crippen LogP contribution in [0.15, 0.2) is 23.6 Å². The highest BCUT2D eigenvalue weighted by molar-refractivity contribution is 7.97. The standard InChI is InChI=1S/C16H19N5OS2/c1-3-14-20-12-5-4-10(6-13(12)21-14)19-16(22)17-7-11-8-24-15(18-11)9-23-2/h4-6,8H,3,7,9H2,1-2H3,(H,20,21)(H2,17,19,22). The van der Waals surface area contributed by atoms with E-state index in [-0.39, 0.29) is 6.03 Å². The number of aromatic amines is 1. The number of nitrogens with one attached hydrogen (secondary N) is 3. The molecule has 3 aromatic rings. The van der Waals surface area contributed by atoms with Gasteiger partial charge in [0.05, 0.1) is 23.3 Å². The van der Waals surface area contributed by atoms with Crippen molar-refractivity contribution in [3.8, 4) is 0 Å². The summed E-state index contributed by atoms with van der Waals surface area (Å²) in [6.45, 7) is 2.47. The van der Waals surface area contributed by atoms with E-state index < -0.39 is 0 Å². The quantitative estimate of drug-likeness (QED) is 0.624. The molecule has 0 aliphatic carbocycles. The van der Waals surface area contributed by atoms with Crippen LogP contribution in [0.2, 0.25) is 0 Å². The highest BCUT2D eigenvalue weighted by Gasteiger charge is 2.07. The molecule has 0 spiro atoms. The number of carbonyl (C=O) groups excluding carboxylic acids is 1. The molecule has 0 aliphatic rings. The predicted octanol–water partition coefficient (Wildman–Crippen LogP) is 3.77. The molecule has 3 rings (SSSR count). The molecule has 0 saturated heterocycles. The average Bonchev–Trinajstić information content (AvgIpc) is 3.19. The lowest BCUT2D eigenvalue weighted by Gasteiger charge is -2.06. The summed E-state index contributed by atoms with van der Waals surface area (Å²) in [6.07, 6.45) is 2.90. The van der Waals surface area contributed by atoms with Gasteiger partial charge in [-0.3, -0.25) is 0 Å². The van der Waals surface area contributed by atoms with E-state index >= 15 is 0 Å². The van der Waals surface area contributed by atoms with Gasteiger partial charge < -0.3 is 15.6 Å². The monoisotopic (exact) mass is 361 g/mol. The zero-order valence-electron chi connectivity index (χ0n) is 13.5. The summed E-state index contributed by atoms with van der Waals surface area (Å²) in [6, 6.07) is 5.39. The second kappa shape index (κ2) is 7.67. The summed E-state index contributed by atoms with van der Waals surface area (Å²) in [4.78, 5) is 24.2.